The van der Waals surface area contributed by atoms with Gasteiger partial charge in [0.2, 0.25) is 0 Å². The Morgan fingerprint density at radius 3 is 2.58 bits per heavy atom. The first kappa shape index (κ1) is 22.7. The van der Waals surface area contributed by atoms with Crippen LogP contribution in [0.4, 0.5) is 0 Å². The van der Waals surface area contributed by atoms with Gasteiger partial charge in [-0.2, -0.15) is 0 Å². The maximum Gasteiger partial charge on any atom is 0.194 e. The Labute approximate surface area is 177 Å². The minimum Gasteiger partial charge on any atom is -0.489 e. The Balaban J connectivity index is 0.00000338. The van der Waals surface area contributed by atoms with Gasteiger partial charge in [-0.1, -0.05) is 17.7 Å². The topological polar surface area (TPSA) is 49.8 Å². The van der Waals surface area contributed by atoms with Gasteiger partial charge in [0, 0.05) is 19.0 Å². The summed E-state index contributed by atoms with van der Waals surface area (Å²) in [4.78, 5) is 11.3. The van der Waals surface area contributed by atoms with Crippen LogP contribution >= 0.6 is 35.3 Å². The number of hydrogen-bond acceptors (Lipinski definition) is 4. The van der Waals surface area contributed by atoms with Crippen LogP contribution in [0.15, 0.2) is 34.6 Å². The molecule has 1 unspecified atom stereocenters. The van der Waals surface area contributed by atoms with Crippen molar-refractivity contribution < 1.29 is 4.74 Å². The number of thiazole rings is 1. The molecule has 1 aromatic heterocycles. The molecule has 0 amide bonds. The second-order valence-electron chi connectivity index (χ2n) is 6.15. The van der Waals surface area contributed by atoms with Gasteiger partial charge in [0.15, 0.2) is 5.96 Å². The van der Waals surface area contributed by atoms with Crippen molar-refractivity contribution in [1.29, 1.82) is 0 Å². The van der Waals surface area contributed by atoms with Crippen molar-refractivity contribution in [2.24, 2.45) is 4.99 Å². The summed E-state index contributed by atoms with van der Waals surface area (Å²) in [5.74, 6) is 1.75. The molecule has 0 fully saturated rings. The van der Waals surface area contributed by atoms with Crippen LogP contribution in [0.2, 0.25) is 0 Å². The summed E-state index contributed by atoms with van der Waals surface area (Å²) in [7, 11) is 2.03. The standard InChI is InChI=1S/C19H28N4OS.HI/c1-6-20-19(23(5)12-17-13-25-16(4)22-17)21-11-15(3)24-18-9-7-14(2)8-10-18;/h7-10,13,15H,6,11-12H2,1-5H3,(H,20,21);1H. The van der Waals surface area contributed by atoms with Crippen LogP contribution in [-0.2, 0) is 6.54 Å². The second-order valence-corrected chi connectivity index (χ2v) is 7.21. The molecule has 0 aliphatic rings. The molecule has 2 aromatic rings. The zero-order valence-electron chi connectivity index (χ0n) is 16.2. The molecule has 0 saturated carbocycles. The number of guanidine groups is 1. The third-order valence-corrected chi connectivity index (χ3v) is 4.44. The molecule has 26 heavy (non-hydrogen) atoms. The van der Waals surface area contributed by atoms with Gasteiger partial charge in [0.05, 0.1) is 23.8 Å². The van der Waals surface area contributed by atoms with Crippen molar-refractivity contribution in [2.75, 3.05) is 20.1 Å². The average molecular weight is 488 g/mol. The molecule has 0 aliphatic carbocycles. The van der Waals surface area contributed by atoms with Crippen molar-refractivity contribution in [2.45, 2.75) is 40.3 Å². The lowest BCUT2D eigenvalue weighted by Gasteiger charge is -2.22. The smallest absolute Gasteiger partial charge is 0.194 e. The molecule has 0 spiro atoms. The van der Waals surface area contributed by atoms with Crippen molar-refractivity contribution in [3.8, 4) is 5.75 Å². The molecule has 5 nitrogen and oxygen atoms in total. The predicted molar refractivity (Wildman–Crippen MR) is 121 cm³/mol. The van der Waals surface area contributed by atoms with E-state index in [4.69, 9.17) is 9.73 Å². The Morgan fingerprint density at radius 2 is 2.00 bits per heavy atom. The lowest BCUT2D eigenvalue weighted by Crippen LogP contribution is -2.39. The molecule has 0 saturated heterocycles. The second kappa shape index (κ2) is 11.4. The number of rotatable bonds is 7. The number of benzene rings is 1. The summed E-state index contributed by atoms with van der Waals surface area (Å²) in [5.41, 5.74) is 2.30. The Kier molecular flexibility index (Phi) is 9.93. The molecular formula is C19H29IN4OS. The van der Waals surface area contributed by atoms with Gasteiger partial charge < -0.3 is 15.0 Å². The number of ether oxygens (including phenoxy) is 1. The first-order valence-corrected chi connectivity index (χ1v) is 9.49. The summed E-state index contributed by atoms with van der Waals surface area (Å²) in [6.07, 6.45) is 0.00581. The maximum atomic E-state index is 5.94. The Bertz CT molecular complexity index is 687. The minimum atomic E-state index is 0. The van der Waals surface area contributed by atoms with E-state index in [1.165, 1.54) is 5.56 Å². The normalized spacial score (nSPS) is 12.3. The maximum absolute atomic E-state index is 5.94. The average Bonchev–Trinajstić information content (AvgIpc) is 2.98. The van der Waals surface area contributed by atoms with E-state index in [1.54, 1.807) is 11.3 Å². The quantitative estimate of drug-likeness (QED) is 0.360. The fourth-order valence-electron chi connectivity index (χ4n) is 2.37. The zero-order valence-corrected chi connectivity index (χ0v) is 19.3. The van der Waals surface area contributed by atoms with Crippen molar-refractivity contribution in [3.05, 3.63) is 45.9 Å². The van der Waals surface area contributed by atoms with E-state index in [9.17, 15) is 0 Å². The summed E-state index contributed by atoms with van der Waals surface area (Å²) < 4.78 is 5.94. The van der Waals surface area contributed by atoms with Crippen molar-refractivity contribution in [3.63, 3.8) is 0 Å². The number of nitrogens with zero attached hydrogens (tertiary/aromatic N) is 3. The van der Waals surface area contributed by atoms with E-state index >= 15 is 0 Å². The highest BCUT2D eigenvalue weighted by Crippen LogP contribution is 2.13. The number of halogens is 1. The molecule has 144 valence electrons. The Hall–Kier alpha value is -1.35. The van der Waals surface area contributed by atoms with Crippen LogP contribution in [0.1, 0.15) is 30.1 Å². The molecule has 1 N–H and O–H groups in total. The van der Waals surface area contributed by atoms with Crippen LogP contribution in [0, 0.1) is 13.8 Å². The third kappa shape index (κ3) is 7.49. The van der Waals surface area contributed by atoms with Gasteiger partial charge >= 0.3 is 0 Å². The van der Waals surface area contributed by atoms with Gasteiger partial charge in [-0.3, -0.25) is 0 Å². The van der Waals surface area contributed by atoms with Gasteiger partial charge in [0.1, 0.15) is 11.9 Å². The predicted octanol–water partition coefficient (Wildman–Crippen LogP) is 4.24. The molecule has 0 bridgehead atoms. The lowest BCUT2D eigenvalue weighted by molar-refractivity contribution is 0.229. The SMILES string of the molecule is CCNC(=NCC(C)Oc1ccc(C)cc1)N(C)Cc1csc(C)n1.I. The number of nitrogens with one attached hydrogen (secondary N) is 1. The summed E-state index contributed by atoms with van der Waals surface area (Å²) in [5, 5.41) is 6.52. The van der Waals surface area contributed by atoms with E-state index in [0.29, 0.717) is 6.54 Å². The molecular weight excluding hydrogens is 459 g/mol. The van der Waals surface area contributed by atoms with Gasteiger partial charge in [-0.15, -0.1) is 35.3 Å². The summed E-state index contributed by atoms with van der Waals surface area (Å²) in [6, 6.07) is 8.10. The summed E-state index contributed by atoms with van der Waals surface area (Å²) in [6.45, 7) is 10.4. The van der Waals surface area contributed by atoms with Crippen LogP contribution in [0.25, 0.3) is 0 Å². The molecule has 0 aliphatic heterocycles. The molecule has 1 heterocycles. The number of aromatic nitrogens is 1. The minimum absolute atomic E-state index is 0. The fourth-order valence-corrected chi connectivity index (χ4v) is 2.97. The van der Waals surface area contributed by atoms with Gasteiger partial charge in [0.25, 0.3) is 0 Å². The van der Waals surface area contributed by atoms with E-state index in [2.05, 4.69) is 46.6 Å². The molecule has 0 radical (unpaired) electrons. The number of aliphatic imine (C=N–C) groups is 1. The molecule has 1 aromatic carbocycles. The molecule has 1 atom stereocenters. The fraction of sp³-hybridized carbons (Fsp3) is 0.474. The molecule has 7 heteroatoms. The van der Waals surface area contributed by atoms with E-state index < -0.39 is 0 Å². The van der Waals surface area contributed by atoms with Crippen LogP contribution in [-0.4, -0.2) is 42.1 Å². The van der Waals surface area contributed by atoms with Crippen LogP contribution < -0.4 is 10.1 Å². The number of hydrogen-bond donors (Lipinski definition) is 1. The third-order valence-electron chi connectivity index (χ3n) is 3.62. The highest BCUT2D eigenvalue weighted by molar-refractivity contribution is 14.0. The van der Waals surface area contributed by atoms with Crippen LogP contribution in [0.5, 0.6) is 5.75 Å². The van der Waals surface area contributed by atoms with Crippen LogP contribution in [0.3, 0.4) is 0 Å². The molecule has 2 rings (SSSR count). The van der Waals surface area contributed by atoms with E-state index in [0.717, 1.165) is 35.5 Å². The zero-order chi connectivity index (χ0) is 18.2. The van der Waals surface area contributed by atoms with E-state index in [1.807, 2.05) is 33.0 Å². The van der Waals surface area contributed by atoms with Crippen molar-refractivity contribution >= 4 is 41.3 Å². The van der Waals surface area contributed by atoms with Crippen molar-refractivity contribution in [1.82, 2.24) is 15.2 Å². The highest BCUT2D eigenvalue weighted by atomic mass is 127. The lowest BCUT2D eigenvalue weighted by atomic mass is 10.2. The first-order chi connectivity index (χ1) is 12.0. The largest absolute Gasteiger partial charge is 0.489 e. The Morgan fingerprint density at radius 1 is 1.31 bits per heavy atom. The highest BCUT2D eigenvalue weighted by Gasteiger charge is 2.10. The summed E-state index contributed by atoms with van der Waals surface area (Å²) >= 11 is 1.67. The van der Waals surface area contributed by atoms with E-state index in [-0.39, 0.29) is 30.1 Å². The van der Waals surface area contributed by atoms with Gasteiger partial charge in [-0.25, -0.2) is 9.98 Å². The number of aryl methyl sites for hydroxylation is 2. The first-order valence-electron chi connectivity index (χ1n) is 8.61. The monoisotopic (exact) mass is 488 g/mol. The van der Waals surface area contributed by atoms with Gasteiger partial charge in [-0.05, 0) is 39.8 Å².